The van der Waals surface area contributed by atoms with Crippen LogP contribution < -0.4 is 26.4 Å². The van der Waals surface area contributed by atoms with E-state index in [1.54, 1.807) is 0 Å². The summed E-state index contributed by atoms with van der Waals surface area (Å²) in [6.45, 7) is 16.3. The molecule has 0 saturated heterocycles. The van der Waals surface area contributed by atoms with Gasteiger partial charge in [0.2, 0.25) is 0 Å². The van der Waals surface area contributed by atoms with E-state index in [0.717, 1.165) is 25.7 Å². The van der Waals surface area contributed by atoms with Crippen molar-refractivity contribution < 1.29 is 0 Å². The van der Waals surface area contributed by atoms with E-state index in [1.165, 1.54) is 138 Å². The summed E-state index contributed by atoms with van der Waals surface area (Å²) in [4.78, 5) is 5.41. The maximum atomic E-state index is 2.77. The molecule has 12 rings (SSSR count). The first kappa shape index (κ1) is 39.4. The number of fused-ring (bicyclic) bond motifs is 9. The topological polar surface area (TPSA) is 16.3 Å². The molecule has 0 bridgehead atoms. The van der Waals surface area contributed by atoms with Gasteiger partial charge in [0.15, 0.2) is 0 Å². The number of hydrogen-bond donors (Lipinski definition) is 0. The smallest absolute Gasteiger partial charge is 0.294 e. The number of nitrogens with zero attached hydrogens (tertiary/aromatic N) is 4. The second-order valence-electron chi connectivity index (χ2n) is 21.2. The Morgan fingerprint density at radius 2 is 0.938 bits per heavy atom. The molecular formula is C59H59BN4. The van der Waals surface area contributed by atoms with Crippen LogP contribution >= 0.6 is 0 Å². The van der Waals surface area contributed by atoms with Crippen LogP contribution in [0.5, 0.6) is 0 Å². The second-order valence-corrected chi connectivity index (χ2v) is 21.2. The monoisotopic (exact) mass is 834 g/mol. The summed E-state index contributed by atoms with van der Waals surface area (Å²) in [6, 6.07) is 51.5. The third-order valence-electron chi connectivity index (χ3n) is 15.0. The normalized spacial score (nSPS) is 15.5. The van der Waals surface area contributed by atoms with E-state index >= 15 is 0 Å². The van der Waals surface area contributed by atoms with Gasteiger partial charge in [-0.3, -0.25) is 0 Å². The van der Waals surface area contributed by atoms with Crippen LogP contribution in [0.4, 0.5) is 34.1 Å². The molecule has 8 aromatic rings. The quantitative estimate of drug-likeness (QED) is 0.164. The average molecular weight is 835 g/mol. The Balaban J connectivity index is 1.26. The molecule has 2 aliphatic heterocycles. The molecule has 0 unspecified atom stereocenters. The van der Waals surface area contributed by atoms with Gasteiger partial charge in [0.25, 0.3) is 6.71 Å². The van der Waals surface area contributed by atoms with Crippen LogP contribution in [0.2, 0.25) is 0 Å². The number of anilines is 6. The molecular weight excluding hydrogens is 775 g/mol. The summed E-state index contributed by atoms with van der Waals surface area (Å²) >= 11 is 0. The lowest BCUT2D eigenvalue weighted by atomic mass is 9.36. The number of rotatable bonds is 4. The first-order valence-electron chi connectivity index (χ1n) is 24.0. The van der Waals surface area contributed by atoms with Crippen LogP contribution in [-0.4, -0.2) is 15.8 Å². The molecule has 0 amide bonds. The van der Waals surface area contributed by atoms with Crippen LogP contribution in [0, 0.1) is 6.92 Å². The van der Waals surface area contributed by atoms with Crippen LogP contribution in [0.1, 0.15) is 106 Å². The summed E-state index contributed by atoms with van der Waals surface area (Å²) in [6.07, 6.45) is 9.09. The lowest BCUT2D eigenvalue weighted by Crippen LogP contribution is -2.64. The van der Waals surface area contributed by atoms with E-state index in [-0.39, 0.29) is 17.5 Å². The lowest BCUT2D eigenvalue weighted by molar-refractivity contribution is 0.589. The van der Waals surface area contributed by atoms with Gasteiger partial charge in [-0.1, -0.05) is 120 Å². The van der Waals surface area contributed by atoms with Crippen molar-refractivity contribution in [2.24, 2.45) is 0 Å². The molecule has 4 aliphatic rings. The molecule has 2 aliphatic carbocycles. The molecule has 0 spiro atoms. The minimum Gasteiger partial charge on any atom is -0.323 e. The molecule has 0 N–H and O–H groups in total. The third kappa shape index (κ3) is 5.88. The number of para-hydroxylation sites is 1. The van der Waals surface area contributed by atoms with Gasteiger partial charge in [-0.05, 0) is 162 Å². The highest BCUT2D eigenvalue weighted by Gasteiger charge is 2.51. The van der Waals surface area contributed by atoms with Crippen molar-refractivity contribution in [2.45, 2.75) is 111 Å². The SMILES string of the molecule is Cc1cc2c3c(c1)N(c1cccc4ccccc14)c1c4c(n(-c5ccc(C(C)(C)C)cc5)c1B3c1c(c3c(n1-c1ccc(C(C)(C)C)cc1)CCCC3)N2c1ccccc1)CCCC4. The predicted octanol–water partition coefficient (Wildman–Crippen LogP) is 13.2. The average Bonchev–Trinajstić information content (AvgIpc) is 3.82. The fourth-order valence-electron chi connectivity index (χ4n) is 12.0. The van der Waals surface area contributed by atoms with E-state index < -0.39 is 0 Å². The minimum atomic E-state index is -0.0254. The van der Waals surface area contributed by atoms with E-state index in [2.05, 4.69) is 201 Å². The molecule has 0 fully saturated rings. The van der Waals surface area contributed by atoms with Crippen LogP contribution in [0.25, 0.3) is 22.1 Å². The van der Waals surface area contributed by atoms with E-state index in [1.807, 2.05) is 0 Å². The first-order chi connectivity index (χ1) is 31.0. The van der Waals surface area contributed by atoms with E-state index in [9.17, 15) is 0 Å². The fourth-order valence-corrected chi connectivity index (χ4v) is 12.0. The molecule has 318 valence electrons. The van der Waals surface area contributed by atoms with Crippen molar-refractivity contribution in [3.63, 3.8) is 0 Å². The van der Waals surface area contributed by atoms with Crippen molar-refractivity contribution in [3.8, 4) is 11.4 Å². The Hall–Kier alpha value is -6.20. The van der Waals surface area contributed by atoms with Crippen molar-refractivity contribution in [3.05, 3.63) is 173 Å². The highest BCUT2D eigenvalue weighted by molar-refractivity contribution is 7.00. The van der Waals surface area contributed by atoms with Gasteiger partial charge in [0.05, 0.1) is 17.1 Å². The first-order valence-corrected chi connectivity index (χ1v) is 24.0. The zero-order chi connectivity index (χ0) is 43.6. The highest BCUT2D eigenvalue weighted by Crippen LogP contribution is 2.51. The van der Waals surface area contributed by atoms with Crippen LogP contribution in [0.15, 0.2) is 133 Å². The van der Waals surface area contributed by atoms with Gasteiger partial charge < -0.3 is 18.9 Å². The number of aryl methyl sites for hydroxylation is 1. The lowest BCUT2D eigenvalue weighted by Gasteiger charge is -2.44. The van der Waals surface area contributed by atoms with Gasteiger partial charge in [-0.2, -0.15) is 0 Å². The summed E-state index contributed by atoms with van der Waals surface area (Å²) < 4.78 is 5.53. The Labute approximate surface area is 380 Å². The van der Waals surface area contributed by atoms with Gasteiger partial charge in [-0.15, -0.1) is 0 Å². The predicted molar refractivity (Wildman–Crippen MR) is 272 cm³/mol. The fraction of sp³-hybridized carbons (Fsp3) is 0.288. The Kier molecular flexibility index (Phi) is 8.87. The molecule has 5 heteroatoms. The molecule has 64 heavy (non-hydrogen) atoms. The van der Waals surface area contributed by atoms with Crippen molar-refractivity contribution in [1.29, 1.82) is 0 Å². The van der Waals surface area contributed by atoms with Crippen LogP contribution in [-0.2, 0) is 36.5 Å². The minimum absolute atomic E-state index is 0.0254. The molecule has 6 aromatic carbocycles. The van der Waals surface area contributed by atoms with Crippen LogP contribution in [0.3, 0.4) is 0 Å². The van der Waals surface area contributed by atoms with Gasteiger partial charge >= 0.3 is 0 Å². The van der Waals surface area contributed by atoms with Crippen molar-refractivity contribution >= 4 is 68.3 Å². The van der Waals surface area contributed by atoms with Gasteiger partial charge in [0, 0.05) is 56.4 Å². The zero-order valence-corrected chi connectivity index (χ0v) is 38.7. The maximum absolute atomic E-state index is 2.77. The second kappa shape index (κ2) is 14.4. The molecule has 2 aromatic heterocycles. The molecule has 4 heterocycles. The Morgan fingerprint density at radius 1 is 0.453 bits per heavy atom. The summed E-state index contributed by atoms with van der Waals surface area (Å²) in [7, 11) is 0. The maximum Gasteiger partial charge on any atom is 0.294 e. The van der Waals surface area contributed by atoms with E-state index in [0.29, 0.717) is 0 Å². The number of aromatic nitrogens is 2. The summed E-state index contributed by atoms with van der Waals surface area (Å²) in [5.41, 5.74) is 24.8. The zero-order valence-electron chi connectivity index (χ0n) is 38.7. The highest BCUT2D eigenvalue weighted by atomic mass is 15.2. The van der Waals surface area contributed by atoms with E-state index in [4.69, 9.17) is 0 Å². The Morgan fingerprint density at radius 3 is 1.50 bits per heavy atom. The molecule has 0 atom stereocenters. The standard InChI is InChI=1S/C59H59BN4/c1-38-36-51-53-52(37-38)64(48-27-17-19-39-18-11-12-22-45(39)48)55-47-24-14-16-26-50(47)63(44-34-30-41(31-35-44)59(5,6)7)57(55)60(53)56-54(61(51)42-20-9-8-10-21-42)46-23-13-15-25-49(46)62(56)43-32-28-40(29-33-43)58(2,3)4/h8-12,17-22,27-37H,13-16,23-26H2,1-7H3. The summed E-state index contributed by atoms with van der Waals surface area (Å²) in [5.74, 6) is 0. The van der Waals surface area contributed by atoms with Gasteiger partial charge in [-0.25, -0.2) is 0 Å². The molecule has 4 nitrogen and oxygen atoms in total. The Bertz CT molecular complexity index is 3130. The molecule has 0 saturated carbocycles. The van der Waals surface area contributed by atoms with Crippen molar-refractivity contribution in [2.75, 3.05) is 9.80 Å². The third-order valence-corrected chi connectivity index (χ3v) is 15.0. The number of hydrogen-bond acceptors (Lipinski definition) is 2. The summed E-state index contributed by atoms with van der Waals surface area (Å²) in [5, 5.41) is 2.55. The molecule has 0 radical (unpaired) electrons. The van der Waals surface area contributed by atoms with Gasteiger partial charge in [0.1, 0.15) is 0 Å². The number of benzene rings is 6. The largest absolute Gasteiger partial charge is 0.323 e. The van der Waals surface area contributed by atoms with Crippen molar-refractivity contribution in [1.82, 2.24) is 9.13 Å².